The molecule has 1 fully saturated rings. The molecule has 0 bridgehead atoms. The average Bonchev–Trinajstić information content (AvgIpc) is 4.04. The maximum Gasteiger partial charge on any atom is 0.243 e. The van der Waals surface area contributed by atoms with Crippen LogP contribution in [-0.4, -0.2) is 110 Å². The number of aromatic amines is 3. The molecular weight excluding hydrogens is 757 g/mol. The van der Waals surface area contributed by atoms with Gasteiger partial charge in [-0.1, -0.05) is 36.4 Å². The number of H-pyrrole nitrogens is 3. The second-order valence-corrected chi connectivity index (χ2v) is 15.0. The minimum atomic E-state index is -1.16. The van der Waals surface area contributed by atoms with Gasteiger partial charge in [0.25, 0.3) is 0 Å². The van der Waals surface area contributed by atoms with Gasteiger partial charge in [0.05, 0.1) is 24.1 Å². The van der Waals surface area contributed by atoms with E-state index in [1.807, 2.05) is 48.5 Å². The quantitative estimate of drug-likeness (QED) is 0.0469. The summed E-state index contributed by atoms with van der Waals surface area (Å²) in [7, 11) is 0. The fourth-order valence-electron chi connectivity index (χ4n) is 7.50. The van der Waals surface area contributed by atoms with Gasteiger partial charge in [-0.3, -0.25) is 28.8 Å². The summed E-state index contributed by atoms with van der Waals surface area (Å²) in [6, 6.07) is 9.13. The number of carbonyl (C=O) groups excluding carboxylic acids is 6. The second-order valence-electron chi connectivity index (χ2n) is 15.0. The molecule has 6 rings (SSSR count). The summed E-state index contributed by atoms with van der Waals surface area (Å²) in [6.07, 6.45) is 8.48. The lowest BCUT2D eigenvalue weighted by Crippen LogP contribution is -2.58. The Morgan fingerprint density at radius 2 is 1.42 bits per heavy atom. The molecule has 13 N–H and O–H groups in total. The summed E-state index contributed by atoms with van der Waals surface area (Å²) in [5.41, 5.74) is 21.3. The molecule has 1 aliphatic rings. The molecule has 0 radical (unpaired) electrons. The van der Waals surface area contributed by atoms with Crippen molar-refractivity contribution < 1.29 is 28.8 Å². The Balaban J connectivity index is 1.16. The van der Waals surface area contributed by atoms with E-state index in [9.17, 15) is 28.8 Å². The highest BCUT2D eigenvalue weighted by atomic mass is 16.2. The van der Waals surface area contributed by atoms with Gasteiger partial charge >= 0.3 is 0 Å². The number of unbranched alkanes of at least 4 members (excludes halogenated alkanes) is 1. The summed E-state index contributed by atoms with van der Waals surface area (Å²) >= 11 is 0. The average molecular weight is 809 g/mol. The van der Waals surface area contributed by atoms with Crippen LogP contribution < -0.4 is 38.5 Å². The first kappa shape index (κ1) is 42.1. The van der Waals surface area contributed by atoms with Gasteiger partial charge in [-0.15, -0.1) is 0 Å². The second kappa shape index (κ2) is 19.3. The third-order valence-electron chi connectivity index (χ3n) is 10.7. The topological polar surface area (TPSA) is 292 Å². The highest BCUT2D eigenvalue weighted by molar-refractivity contribution is 5.96. The van der Waals surface area contributed by atoms with E-state index in [-0.39, 0.29) is 38.1 Å². The number of amides is 6. The van der Waals surface area contributed by atoms with Crippen molar-refractivity contribution in [3.8, 4) is 0 Å². The predicted molar refractivity (Wildman–Crippen MR) is 220 cm³/mol. The number of carbonyl (C=O) groups is 6. The standard InChI is InChI=1S/C41H52N12O6/c1-23(49-40(58)33(14-24-18-46-31-10-4-2-8-28(24)31)52-39(57)30(43)16-26-20-45-22-48-26)38(56)51-34(15-25-19-47-32-11-5-3-9-29(25)32)41(59)50-27-17-36(54)53(21-27)35(37(44)55)12-6-7-13-42/h2-5,8-11,18-20,22-23,27,30,33-35,46-47H,6-7,12-17,21,42-43H2,1H3,(H2,44,55)(H,45,48)(H,49,58)(H,50,59)(H,51,56)(H,52,57)/t23-,27-,30-,33+,34-,35-/m0/s1. The van der Waals surface area contributed by atoms with E-state index in [0.717, 1.165) is 32.9 Å². The van der Waals surface area contributed by atoms with Crippen molar-refractivity contribution in [2.24, 2.45) is 17.2 Å². The van der Waals surface area contributed by atoms with Crippen LogP contribution in [0.3, 0.4) is 0 Å². The number of nitrogens with one attached hydrogen (secondary N) is 7. The maximum atomic E-state index is 14.0. The van der Waals surface area contributed by atoms with Crippen LogP contribution >= 0.6 is 0 Å². The van der Waals surface area contributed by atoms with E-state index in [1.54, 1.807) is 18.6 Å². The number of nitrogens with zero attached hydrogens (tertiary/aromatic N) is 2. The van der Waals surface area contributed by atoms with Gasteiger partial charge in [0.2, 0.25) is 35.4 Å². The summed E-state index contributed by atoms with van der Waals surface area (Å²) in [6.45, 7) is 1.98. The number of rotatable bonds is 20. The first-order valence-electron chi connectivity index (χ1n) is 19.7. The van der Waals surface area contributed by atoms with Crippen LogP contribution in [0.2, 0.25) is 0 Å². The Labute approximate surface area is 340 Å². The number of benzene rings is 2. The molecule has 2 aromatic carbocycles. The molecule has 5 aromatic rings. The number of hydrogen-bond donors (Lipinski definition) is 10. The van der Waals surface area contributed by atoms with Crippen molar-refractivity contribution in [1.82, 2.24) is 46.1 Å². The molecule has 18 heteroatoms. The van der Waals surface area contributed by atoms with Crippen LogP contribution in [0.1, 0.15) is 49.4 Å². The van der Waals surface area contributed by atoms with E-state index < -0.39 is 65.8 Å². The van der Waals surface area contributed by atoms with Gasteiger partial charge in [0.1, 0.15) is 24.2 Å². The van der Waals surface area contributed by atoms with Gasteiger partial charge < -0.3 is 58.3 Å². The molecule has 59 heavy (non-hydrogen) atoms. The van der Waals surface area contributed by atoms with Gasteiger partial charge in [0, 0.05) is 72.6 Å². The van der Waals surface area contributed by atoms with Gasteiger partial charge in [-0.2, -0.15) is 0 Å². The minimum absolute atomic E-state index is 0.0541. The smallest absolute Gasteiger partial charge is 0.243 e. The molecule has 0 unspecified atom stereocenters. The van der Waals surface area contributed by atoms with Gasteiger partial charge in [0.15, 0.2) is 0 Å². The molecule has 3 aromatic heterocycles. The molecule has 1 saturated heterocycles. The number of imidazole rings is 1. The first-order chi connectivity index (χ1) is 28.4. The Morgan fingerprint density at radius 3 is 2.02 bits per heavy atom. The minimum Gasteiger partial charge on any atom is -0.368 e. The van der Waals surface area contributed by atoms with Crippen LogP contribution in [0.15, 0.2) is 73.4 Å². The van der Waals surface area contributed by atoms with Crippen LogP contribution in [0.4, 0.5) is 0 Å². The first-order valence-corrected chi connectivity index (χ1v) is 19.7. The molecule has 6 amide bonds. The van der Waals surface area contributed by atoms with Crippen LogP contribution in [0.5, 0.6) is 0 Å². The monoisotopic (exact) mass is 808 g/mol. The molecule has 4 heterocycles. The molecule has 0 aliphatic carbocycles. The molecular formula is C41H52N12O6. The van der Waals surface area contributed by atoms with E-state index in [0.29, 0.717) is 31.5 Å². The van der Waals surface area contributed by atoms with Crippen molar-refractivity contribution in [3.05, 3.63) is 90.3 Å². The number of fused-ring (bicyclic) bond motifs is 2. The Morgan fingerprint density at radius 1 is 0.814 bits per heavy atom. The van der Waals surface area contributed by atoms with Crippen LogP contribution in [0, 0.1) is 0 Å². The fraction of sp³-hybridized carbons (Fsp3) is 0.390. The summed E-state index contributed by atoms with van der Waals surface area (Å²) in [5.74, 6) is -3.41. The van der Waals surface area contributed by atoms with Crippen molar-refractivity contribution in [2.45, 2.75) is 88.1 Å². The molecule has 1 aliphatic heterocycles. The summed E-state index contributed by atoms with van der Waals surface area (Å²) in [5, 5.41) is 12.9. The highest BCUT2D eigenvalue weighted by Gasteiger charge is 2.38. The number of likely N-dealkylation sites (tertiary alicyclic amines) is 1. The molecule has 312 valence electrons. The zero-order valence-electron chi connectivity index (χ0n) is 32.8. The lowest BCUT2D eigenvalue weighted by Gasteiger charge is -2.26. The predicted octanol–water partition coefficient (Wildman–Crippen LogP) is -0.0982. The largest absolute Gasteiger partial charge is 0.368 e. The normalized spacial score (nSPS) is 16.6. The zero-order valence-corrected chi connectivity index (χ0v) is 32.8. The van der Waals surface area contributed by atoms with Crippen LogP contribution in [-0.2, 0) is 48.0 Å². The molecule has 6 atom stereocenters. The third kappa shape index (κ3) is 10.5. The summed E-state index contributed by atoms with van der Waals surface area (Å²) in [4.78, 5) is 95.3. The number of hydrogen-bond acceptors (Lipinski definition) is 9. The molecule has 0 saturated carbocycles. The van der Waals surface area contributed by atoms with E-state index in [1.165, 1.54) is 18.2 Å². The van der Waals surface area contributed by atoms with E-state index in [4.69, 9.17) is 17.2 Å². The van der Waals surface area contributed by atoms with Gasteiger partial charge in [-0.25, -0.2) is 4.98 Å². The zero-order chi connectivity index (χ0) is 42.1. The van der Waals surface area contributed by atoms with Crippen molar-refractivity contribution >= 4 is 57.2 Å². The SMILES string of the molecule is C[C@H](NC(=O)[C@@H](Cc1c[nH]c2ccccc12)NC(=O)[C@@H](N)Cc1c[nH]cn1)C(=O)N[C@@H](Cc1c[nH]c2ccccc12)C(=O)N[C@H]1CC(=O)N([C@@H](CCCCN)C(N)=O)C1. The molecule has 18 nitrogen and oxygen atoms in total. The van der Waals surface area contributed by atoms with E-state index >= 15 is 0 Å². The van der Waals surface area contributed by atoms with Gasteiger partial charge in [-0.05, 0) is 56.0 Å². The lowest BCUT2D eigenvalue weighted by molar-refractivity contribution is -0.136. The number of aromatic nitrogens is 4. The van der Waals surface area contributed by atoms with Crippen LogP contribution in [0.25, 0.3) is 21.8 Å². The number of primary amides is 1. The van der Waals surface area contributed by atoms with Crippen molar-refractivity contribution in [1.29, 1.82) is 0 Å². The summed E-state index contributed by atoms with van der Waals surface area (Å²) < 4.78 is 0. The Hall–Kier alpha value is -6.53. The van der Waals surface area contributed by atoms with Crippen molar-refractivity contribution in [3.63, 3.8) is 0 Å². The maximum absolute atomic E-state index is 14.0. The Bertz CT molecular complexity index is 2270. The molecule has 0 spiro atoms. The third-order valence-corrected chi connectivity index (χ3v) is 10.7. The fourth-order valence-corrected chi connectivity index (χ4v) is 7.50. The number of para-hydroxylation sites is 2. The highest BCUT2D eigenvalue weighted by Crippen LogP contribution is 2.22. The lowest BCUT2D eigenvalue weighted by atomic mass is 10.0. The van der Waals surface area contributed by atoms with E-state index in [2.05, 4.69) is 41.2 Å². The Kier molecular flexibility index (Phi) is 13.8. The number of nitrogens with two attached hydrogens (primary N) is 3. The van der Waals surface area contributed by atoms with Crippen molar-refractivity contribution in [2.75, 3.05) is 13.1 Å².